The largest absolute Gasteiger partial charge is 0.491 e. The molecule has 1 amide bonds. The van der Waals surface area contributed by atoms with E-state index in [-0.39, 0.29) is 41.8 Å². The van der Waals surface area contributed by atoms with Gasteiger partial charge in [-0.1, -0.05) is 24.3 Å². The minimum atomic E-state index is -0.384. The van der Waals surface area contributed by atoms with Crippen LogP contribution in [-0.2, 0) is 9.53 Å². The van der Waals surface area contributed by atoms with Crippen LogP contribution in [0.5, 0.6) is 5.75 Å². The van der Waals surface area contributed by atoms with Gasteiger partial charge in [0.05, 0.1) is 18.4 Å². The van der Waals surface area contributed by atoms with Crippen LogP contribution in [0.2, 0.25) is 0 Å². The molecule has 0 radical (unpaired) electrons. The fourth-order valence-electron chi connectivity index (χ4n) is 4.29. The molecule has 3 aromatic rings. The number of nitrogens with two attached hydrogens (primary N) is 1. The minimum Gasteiger partial charge on any atom is -0.491 e. The van der Waals surface area contributed by atoms with Gasteiger partial charge in [-0.2, -0.15) is 0 Å². The van der Waals surface area contributed by atoms with Crippen molar-refractivity contribution in [3.05, 3.63) is 78.4 Å². The van der Waals surface area contributed by atoms with E-state index >= 15 is 0 Å². The molecule has 0 spiro atoms. The van der Waals surface area contributed by atoms with Gasteiger partial charge in [-0.3, -0.25) is 9.78 Å². The van der Waals surface area contributed by atoms with Gasteiger partial charge in [0.2, 0.25) is 5.91 Å². The van der Waals surface area contributed by atoms with Crippen molar-refractivity contribution >= 4 is 11.6 Å². The highest BCUT2D eigenvalue weighted by Gasteiger charge is 2.47. The Balaban J connectivity index is 1.53. The standard InChI is InChI=1S/C29H34FN3O3/c1-18(2)36-24-12-7-21(8-13-24)20-5-10-23(11-6-20)33(17-27(31)19(3)35-4)29(34)26-15-25(26)28-14-9-22(30)16-32-28/h5-14,16,18-19,25-27H,15,17,31H2,1-4H3/t19-,25+,26+,27-/m1/s1. The average molecular weight is 492 g/mol. The number of hydrogen-bond acceptors (Lipinski definition) is 5. The first kappa shape index (κ1) is 25.8. The van der Waals surface area contributed by atoms with Crippen molar-refractivity contribution < 1.29 is 18.7 Å². The fraction of sp³-hybridized carbons (Fsp3) is 0.379. The van der Waals surface area contributed by atoms with Crippen LogP contribution in [0.4, 0.5) is 10.1 Å². The van der Waals surface area contributed by atoms with E-state index in [4.69, 9.17) is 15.2 Å². The van der Waals surface area contributed by atoms with E-state index in [1.807, 2.05) is 69.3 Å². The zero-order valence-corrected chi connectivity index (χ0v) is 21.2. The summed E-state index contributed by atoms with van der Waals surface area (Å²) >= 11 is 0. The molecule has 1 fully saturated rings. The first-order valence-electron chi connectivity index (χ1n) is 12.3. The highest BCUT2D eigenvalue weighted by atomic mass is 19.1. The molecule has 1 saturated carbocycles. The van der Waals surface area contributed by atoms with Crippen LogP contribution >= 0.6 is 0 Å². The smallest absolute Gasteiger partial charge is 0.230 e. The molecular weight excluding hydrogens is 457 g/mol. The molecule has 1 heterocycles. The van der Waals surface area contributed by atoms with Crippen molar-refractivity contribution in [3.63, 3.8) is 0 Å². The molecule has 6 nitrogen and oxygen atoms in total. The Morgan fingerprint density at radius 3 is 2.25 bits per heavy atom. The number of methoxy groups -OCH3 is 1. The molecule has 7 heteroatoms. The van der Waals surface area contributed by atoms with Crippen LogP contribution < -0.4 is 15.4 Å². The van der Waals surface area contributed by atoms with E-state index in [9.17, 15) is 9.18 Å². The van der Waals surface area contributed by atoms with Crippen molar-refractivity contribution in [1.82, 2.24) is 4.98 Å². The van der Waals surface area contributed by atoms with Crippen molar-refractivity contribution in [1.29, 1.82) is 0 Å². The van der Waals surface area contributed by atoms with Gasteiger partial charge in [0.1, 0.15) is 11.6 Å². The Hall–Kier alpha value is -3.29. The summed E-state index contributed by atoms with van der Waals surface area (Å²) in [6, 6.07) is 18.6. The van der Waals surface area contributed by atoms with Crippen LogP contribution in [0, 0.1) is 11.7 Å². The third-order valence-electron chi connectivity index (χ3n) is 6.61. The number of amides is 1. The summed E-state index contributed by atoms with van der Waals surface area (Å²) in [6.07, 6.45) is 1.80. The summed E-state index contributed by atoms with van der Waals surface area (Å²) in [5.41, 5.74) is 9.99. The number of aromatic nitrogens is 1. The van der Waals surface area contributed by atoms with Gasteiger partial charge in [-0.15, -0.1) is 0 Å². The molecule has 2 N–H and O–H groups in total. The number of carbonyl (C=O) groups is 1. The molecule has 2 aromatic carbocycles. The summed E-state index contributed by atoms with van der Waals surface area (Å²) in [4.78, 5) is 19.5. The number of halogens is 1. The normalized spacial score (nSPS) is 18.5. The maximum atomic E-state index is 13.6. The third-order valence-corrected chi connectivity index (χ3v) is 6.61. The second kappa shape index (κ2) is 11.2. The zero-order chi connectivity index (χ0) is 25.8. The molecule has 1 aliphatic carbocycles. The topological polar surface area (TPSA) is 77.7 Å². The van der Waals surface area contributed by atoms with Crippen LogP contribution in [0.1, 0.15) is 38.8 Å². The molecule has 0 unspecified atom stereocenters. The van der Waals surface area contributed by atoms with E-state index in [1.165, 1.54) is 12.3 Å². The maximum absolute atomic E-state index is 13.6. The number of anilines is 1. The Bertz CT molecular complexity index is 1150. The number of rotatable bonds is 10. The molecule has 1 aromatic heterocycles. The quantitative estimate of drug-likeness (QED) is 0.423. The highest BCUT2D eigenvalue weighted by Crippen LogP contribution is 2.48. The van der Waals surface area contributed by atoms with Gasteiger partial charge < -0.3 is 20.1 Å². The first-order chi connectivity index (χ1) is 17.3. The lowest BCUT2D eigenvalue weighted by Gasteiger charge is -2.29. The Morgan fingerprint density at radius 2 is 1.69 bits per heavy atom. The van der Waals surface area contributed by atoms with Gasteiger partial charge in [0.25, 0.3) is 0 Å². The predicted octanol–water partition coefficient (Wildman–Crippen LogP) is 5.17. The van der Waals surface area contributed by atoms with Gasteiger partial charge in [0, 0.05) is 42.9 Å². The summed E-state index contributed by atoms with van der Waals surface area (Å²) < 4.78 is 24.4. The van der Waals surface area contributed by atoms with E-state index < -0.39 is 0 Å². The zero-order valence-electron chi connectivity index (χ0n) is 21.2. The SMILES string of the molecule is CO[C@H](C)[C@H](N)CN(C(=O)[C@H]1C[C@@H]1c1ccc(F)cn1)c1ccc(-c2ccc(OC(C)C)cc2)cc1. The number of ether oxygens (including phenoxy) is 2. The summed E-state index contributed by atoms with van der Waals surface area (Å²) in [6.45, 7) is 6.22. The van der Waals surface area contributed by atoms with Crippen molar-refractivity contribution in [2.75, 3.05) is 18.6 Å². The second-order valence-electron chi connectivity index (χ2n) is 9.64. The first-order valence-corrected chi connectivity index (χ1v) is 12.3. The molecule has 36 heavy (non-hydrogen) atoms. The van der Waals surface area contributed by atoms with E-state index in [0.717, 1.165) is 28.3 Å². The number of carbonyl (C=O) groups excluding carboxylic acids is 1. The van der Waals surface area contributed by atoms with Gasteiger partial charge in [-0.25, -0.2) is 4.39 Å². The minimum absolute atomic E-state index is 0.00665. The van der Waals surface area contributed by atoms with Crippen LogP contribution in [0.15, 0.2) is 66.9 Å². The molecular formula is C29H34FN3O3. The lowest BCUT2D eigenvalue weighted by Crippen LogP contribution is -2.47. The molecule has 4 atom stereocenters. The van der Waals surface area contributed by atoms with E-state index in [0.29, 0.717) is 13.0 Å². The number of nitrogens with zero attached hydrogens (tertiary/aromatic N) is 2. The summed E-state index contributed by atoms with van der Waals surface area (Å²) in [5, 5.41) is 0. The maximum Gasteiger partial charge on any atom is 0.230 e. The summed E-state index contributed by atoms with van der Waals surface area (Å²) in [5.74, 6) is 0.222. The van der Waals surface area contributed by atoms with Crippen LogP contribution in [0.3, 0.4) is 0 Å². The van der Waals surface area contributed by atoms with Crippen molar-refractivity contribution in [3.8, 4) is 16.9 Å². The average Bonchev–Trinajstić information content (AvgIpc) is 3.68. The molecule has 1 aliphatic rings. The van der Waals surface area contributed by atoms with E-state index in [2.05, 4.69) is 4.98 Å². The molecule has 190 valence electrons. The van der Waals surface area contributed by atoms with E-state index in [1.54, 1.807) is 18.1 Å². The van der Waals surface area contributed by atoms with Gasteiger partial charge in [0.15, 0.2) is 0 Å². The fourth-order valence-corrected chi connectivity index (χ4v) is 4.29. The number of benzene rings is 2. The van der Waals surface area contributed by atoms with Gasteiger partial charge in [-0.05, 0) is 74.7 Å². The molecule has 4 rings (SSSR count). The van der Waals surface area contributed by atoms with Crippen molar-refractivity contribution in [2.24, 2.45) is 11.7 Å². The lowest BCUT2D eigenvalue weighted by molar-refractivity contribution is -0.120. The van der Waals surface area contributed by atoms with Crippen LogP contribution in [0.25, 0.3) is 11.1 Å². The highest BCUT2D eigenvalue weighted by molar-refractivity contribution is 5.97. The van der Waals surface area contributed by atoms with Crippen LogP contribution in [-0.4, -0.2) is 42.8 Å². The molecule has 0 saturated heterocycles. The number of pyridine rings is 1. The lowest BCUT2D eigenvalue weighted by atomic mass is 10.0. The Morgan fingerprint density at radius 1 is 1.06 bits per heavy atom. The van der Waals surface area contributed by atoms with Crippen molar-refractivity contribution in [2.45, 2.75) is 51.4 Å². The second-order valence-corrected chi connectivity index (χ2v) is 9.64. The van der Waals surface area contributed by atoms with Gasteiger partial charge >= 0.3 is 0 Å². The Labute approximate surface area is 212 Å². The number of hydrogen-bond donors (Lipinski definition) is 1. The third kappa shape index (κ3) is 6.09. The monoisotopic (exact) mass is 491 g/mol. The molecule has 0 bridgehead atoms. The predicted molar refractivity (Wildman–Crippen MR) is 139 cm³/mol. The summed E-state index contributed by atoms with van der Waals surface area (Å²) in [7, 11) is 1.61. The molecule has 0 aliphatic heterocycles. The Kier molecular flexibility index (Phi) is 8.01.